The lowest BCUT2D eigenvalue weighted by Gasteiger charge is -2.09. The Kier molecular flexibility index (Phi) is 4.07. The van der Waals surface area contributed by atoms with Gasteiger partial charge in [-0.15, -0.1) is 0 Å². The van der Waals surface area contributed by atoms with Crippen LogP contribution in [-0.4, -0.2) is 9.97 Å². The van der Waals surface area contributed by atoms with Crippen molar-refractivity contribution in [3.05, 3.63) is 75.8 Å². The molecule has 0 aliphatic rings. The van der Waals surface area contributed by atoms with Crippen LogP contribution in [0.25, 0.3) is 11.3 Å². The molecule has 3 rings (SSSR count). The average molecular weight is 331 g/mol. The van der Waals surface area contributed by atoms with Crippen molar-refractivity contribution in [3.8, 4) is 11.3 Å². The number of nitrogens with one attached hydrogen (secondary N) is 2. The first-order valence-electron chi connectivity index (χ1n) is 7.02. The second-order valence-corrected chi connectivity index (χ2v) is 5.22. The van der Waals surface area contributed by atoms with E-state index in [9.17, 15) is 18.0 Å². The van der Waals surface area contributed by atoms with E-state index in [1.807, 2.05) is 25.1 Å². The monoisotopic (exact) mass is 331 g/mol. The molecule has 0 atom stereocenters. The van der Waals surface area contributed by atoms with E-state index in [-0.39, 0.29) is 11.6 Å². The number of aryl methyl sites for hydroxylation is 1. The van der Waals surface area contributed by atoms with Crippen LogP contribution < -0.4 is 10.9 Å². The SMILES string of the molecule is Cc1cccc(-c2cc(=O)[nH]c(Nc3cc(F)c(F)cc3F)n2)c1. The molecule has 2 aromatic carbocycles. The molecule has 0 unspecified atom stereocenters. The maximum Gasteiger partial charge on any atom is 0.252 e. The summed E-state index contributed by atoms with van der Waals surface area (Å²) in [4.78, 5) is 18.4. The van der Waals surface area contributed by atoms with Gasteiger partial charge in [0.05, 0.1) is 11.4 Å². The molecule has 0 saturated heterocycles. The van der Waals surface area contributed by atoms with Crippen LogP contribution in [0.4, 0.5) is 24.8 Å². The summed E-state index contributed by atoms with van der Waals surface area (Å²) in [5.74, 6) is -3.59. The van der Waals surface area contributed by atoms with E-state index >= 15 is 0 Å². The summed E-state index contributed by atoms with van der Waals surface area (Å²) < 4.78 is 39.9. The minimum Gasteiger partial charge on any atom is -0.323 e. The van der Waals surface area contributed by atoms with Gasteiger partial charge in [-0.25, -0.2) is 18.2 Å². The highest BCUT2D eigenvalue weighted by Crippen LogP contribution is 2.22. The minimum absolute atomic E-state index is 0.0797. The highest BCUT2D eigenvalue weighted by Gasteiger charge is 2.12. The molecular formula is C17H12F3N3O. The predicted molar refractivity (Wildman–Crippen MR) is 84.6 cm³/mol. The van der Waals surface area contributed by atoms with Crippen LogP contribution >= 0.6 is 0 Å². The van der Waals surface area contributed by atoms with Crippen molar-refractivity contribution in [2.75, 3.05) is 5.32 Å². The summed E-state index contributed by atoms with van der Waals surface area (Å²) in [6.45, 7) is 1.90. The van der Waals surface area contributed by atoms with E-state index in [1.165, 1.54) is 6.07 Å². The maximum atomic E-state index is 13.7. The van der Waals surface area contributed by atoms with Gasteiger partial charge in [0.2, 0.25) is 5.95 Å². The molecule has 1 aromatic heterocycles. The van der Waals surface area contributed by atoms with E-state index in [0.29, 0.717) is 23.4 Å². The summed E-state index contributed by atoms with van der Waals surface area (Å²) in [6.07, 6.45) is 0. The molecule has 7 heteroatoms. The van der Waals surface area contributed by atoms with Crippen molar-refractivity contribution in [2.45, 2.75) is 6.92 Å². The third-order valence-electron chi connectivity index (χ3n) is 3.32. The Balaban J connectivity index is 2.01. The lowest BCUT2D eigenvalue weighted by atomic mass is 10.1. The van der Waals surface area contributed by atoms with Crippen LogP contribution in [0.5, 0.6) is 0 Å². The summed E-state index contributed by atoms with van der Waals surface area (Å²) in [6, 6.07) is 9.69. The van der Waals surface area contributed by atoms with Crippen LogP contribution in [-0.2, 0) is 0 Å². The number of nitrogens with zero attached hydrogens (tertiary/aromatic N) is 1. The zero-order valence-electron chi connectivity index (χ0n) is 12.5. The van der Waals surface area contributed by atoms with E-state index in [0.717, 1.165) is 5.56 Å². The first-order chi connectivity index (χ1) is 11.4. The van der Waals surface area contributed by atoms with Gasteiger partial charge in [0.15, 0.2) is 11.6 Å². The van der Waals surface area contributed by atoms with E-state index in [1.54, 1.807) is 6.07 Å². The van der Waals surface area contributed by atoms with Gasteiger partial charge in [-0.2, -0.15) is 0 Å². The van der Waals surface area contributed by atoms with Crippen molar-refractivity contribution in [1.82, 2.24) is 9.97 Å². The Morgan fingerprint density at radius 3 is 2.50 bits per heavy atom. The summed E-state index contributed by atoms with van der Waals surface area (Å²) in [7, 11) is 0. The standard InChI is InChI=1S/C17H12F3N3O/c1-9-3-2-4-10(5-9)14-8-16(24)23-17(21-14)22-15-7-12(19)11(18)6-13(15)20/h2-8H,1H3,(H2,21,22,23,24). The molecule has 0 radical (unpaired) electrons. The van der Waals surface area contributed by atoms with Gasteiger partial charge in [0.25, 0.3) is 5.56 Å². The van der Waals surface area contributed by atoms with Crippen LogP contribution in [0.15, 0.2) is 47.3 Å². The quantitative estimate of drug-likeness (QED) is 0.716. The first kappa shape index (κ1) is 15.8. The third kappa shape index (κ3) is 3.29. The van der Waals surface area contributed by atoms with Crippen molar-refractivity contribution < 1.29 is 13.2 Å². The van der Waals surface area contributed by atoms with Gasteiger partial charge in [-0.3, -0.25) is 9.78 Å². The number of rotatable bonds is 3. The Labute approximate surface area is 135 Å². The number of aromatic amines is 1. The smallest absolute Gasteiger partial charge is 0.252 e. The average Bonchev–Trinajstić information content (AvgIpc) is 2.52. The van der Waals surface area contributed by atoms with E-state index in [4.69, 9.17) is 0 Å². The number of aromatic nitrogens is 2. The summed E-state index contributed by atoms with van der Waals surface area (Å²) >= 11 is 0. The van der Waals surface area contributed by atoms with E-state index in [2.05, 4.69) is 15.3 Å². The second-order valence-electron chi connectivity index (χ2n) is 5.22. The van der Waals surface area contributed by atoms with Crippen molar-refractivity contribution in [3.63, 3.8) is 0 Å². The van der Waals surface area contributed by atoms with Gasteiger partial charge in [-0.1, -0.05) is 23.8 Å². The molecule has 2 N–H and O–H groups in total. The van der Waals surface area contributed by atoms with Gasteiger partial charge in [0.1, 0.15) is 5.82 Å². The molecule has 0 aliphatic carbocycles. The molecular weight excluding hydrogens is 319 g/mol. The Morgan fingerprint density at radius 1 is 1.00 bits per heavy atom. The van der Waals surface area contributed by atoms with Gasteiger partial charge >= 0.3 is 0 Å². The van der Waals surface area contributed by atoms with E-state index < -0.39 is 23.0 Å². The molecule has 0 amide bonds. The molecule has 0 saturated carbocycles. The Morgan fingerprint density at radius 2 is 1.75 bits per heavy atom. The number of benzene rings is 2. The van der Waals surface area contributed by atoms with Gasteiger partial charge < -0.3 is 5.32 Å². The number of hydrogen-bond acceptors (Lipinski definition) is 3. The zero-order chi connectivity index (χ0) is 17.3. The molecule has 0 bridgehead atoms. The number of hydrogen-bond donors (Lipinski definition) is 2. The highest BCUT2D eigenvalue weighted by molar-refractivity contribution is 5.62. The second kappa shape index (κ2) is 6.19. The Hall–Kier alpha value is -3.09. The van der Waals surface area contributed by atoms with Crippen LogP contribution in [0.1, 0.15) is 5.56 Å². The topological polar surface area (TPSA) is 57.8 Å². The van der Waals surface area contributed by atoms with Crippen molar-refractivity contribution >= 4 is 11.6 Å². The molecule has 3 aromatic rings. The predicted octanol–water partition coefficient (Wildman–Crippen LogP) is 3.91. The van der Waals surface area contributed by atoms with Crippen LogP contribution in [0.2, 0.25) is 0 Å². The lowest BCUT2D eigenvalue weighted by Crippen LogP contribution is -2.11. The molecule has 122 valence electrons. The Bertz CT molecular complexity index is 970. The molecule has 0 fully saturated rings. The minimum atomic E-state index is -1.30. The third-order valence-corrected chi connectivity index (χ3v) is 3.32. The molecule has 24 heavy (non-hydrogen) atoms. The zero-order valence-corrected chi connectivity index (χ0v) is 12.5. The number of anilines is 2. The normalized spacial score (nSPS) is 10.7. The highest BCUT2D eigenvalue weighted by atomic mass is 19.2. The van der Waals surface area contributed by atoms with Gasteiger partial charge in [-0.05, 0) is 13.0 Å². The number of halogens is 3. The van der Waals surface area contributed by atoms with Crippen molar-refractivity contribution in [2.24, 2.45) is 0 Å². The molecule has 0 aliphatic heterocycles. The van der Waals surface area contributed by atoms with Crippen LogP contribution in [0.3, 0.4) is 0 Å². The van der Waals surface area contributed by atoms with Crippen LogP contribution in [0, 0.1) is 24.4 Å². The molecule has 1 heterocycles. The fourth-order valence-electron chi connectivity index (χ4n) is 2.22. The lowest BCUT2D eigenvalue weighted by molar-refractivity contribution is 0.496. The maximum absolute atomic E-state index is 13.7. The molecule has 4 nitrogen and oxygen atoms in total. The number of H-pyrrole nitrogens is 1. The fourth-order valence-corrected chi connectivity index (χ4v) is 2.22. The van der Waals surface area contributed by atoms with Crippen molar-refractivity contribution in [1.29, 1.82) is 0 Å². The summed E-state index contributed by atoms with van der Waals surface area (Å²) in [5, 5.41) is 2.46. The molecule has 0 spiro atoms. The first-order valence-corrected chi connectivity index (χ1v) is 7.02. The van der Waals surface area contributed by atoms with Gasteiger partial charge in [0, 0.05) is 23.8 Å². The summed E-state index contributed by atoms with van der Waals surface area (Å²) in [5.41, 5.74) is 1.25. The largest absolute Gasteiger partial charge is 0.323 e. The fraction of sp³-hybridized carbons (Fsp3) is 0.0588.